The van der Waals surface area contributed by atoms with Crippen LogP contribution in [0.5, 0.6) is 11.5 Å². The number of pyridine rings is 1. The summed E-state index contributed by atoms with van der Waals surface area (Å²) in [6.07, 6.45) is 5.97. The van der Waals surface area contributed by atoms with Gasteiger partial charge in [-0.1, -0.05) is 51.5 Å². The number of hydrogen-bond acceptors (Lipinski definition) is 3. The lowest BCUT2D eigenvalue weighted by atomic mass is 9.93. The van der Waals surface area contributed by atoms with Gasteiger partial charge in [-0.3, -0.25) is 4.98 Å². The fourth-order valence-electron chi connectivity index (χ4n) is 4.12. The second-order valence-electron chi connectivity index (χ2n) is 7.89. The van der Waals surface area contributed by atoms with Gasteiger partial charge < -0.3 is 9.47 Å². The molecule has 1 heterocycles. The zero-order chi connectivity index (χ0) is 22.2. The first-order valence-electron chi connectivity index (χ1n) is 11.6. The van der Waals surface area contributed by atoms with Crippen molar-refractivity contribution >= 4 is 0 Å². The van der Waals surface area contributed by atoms with Gasteiger partial charge in [-0.05, 0) is 68.0 Å². The van der Waals surface area contributed by atoms with Crippen molar-refractivity contribution in [3.63, 3.8) is 0 Å². The van der Waals surface area contributed by atoms with E-state index < -0.39 is 0 Å². The highest BCUT2D eigenvalue weighted by atomic mass is 16.5. The molecule has 0 aliphatic carbocycles. The highest BCUT2D eigenvalue weighted by molar-refractivity contribution is 5.69. The molecule has 1 unspecified atom stereocenters. The Morgan fingerprint density at radius 1 is 0.871 bits per heavy atom. The van der Waals surface area contributed by atoms with Crippen molar-refractivity contribution in [1.82, 2.24) is 4.98 Å². The summed E-state index contributed by atoms with van der Waals surface area (Å²) in [5.74, 6) is 1.67. The molecule has 2 aromatic carbocycles. The Balaban J connectivity index is 1.94. The van der Waals surface area contributed by atoms with Gasteiger partial charge >= 0.3 is 0 Å². The lowest BCUT2D eigenvalue weighted by Gasteiger charge is -2.22. The van der Waals surface area contributed by atoms with Gasteiger partial charge in [0.2, 0.25) is 0 Å². The Kier molecular flexibility index (Phi) is 8.11. The number of ether oxygens (including phenoxy) is 2. The van der Waals surface area contributed by atoms with Crippen LogP contribution in [-0.2, 0) is 12.8 Å². The molecular formula is C28H35NO2. The summed E-state index contributed by atoms with van der Waals surface area (Å²) in [7, 11) is 0. The van der Waals surface area contributed by atoms with Crippen LogP contribution in [0.15, 0.2) is 54.7 Å². The van der Waals surface area contributed by atoms with E-state index in [0.29, 0.717) is 6.61 Å². The third kappa shape index (κ3) is 5.46. The Bertz CT molecular complexity index is 974. The van der Waals surface area contributed by atoms with Crippen LogP contribution in [0, 0.1) is 6.92 Å². The zero-order valence-corrected chi connectivity index (χ0v) is 19.6. The molecule has 0 radical (unpaired) electrons. The van der Waals surface area contributed by atoms with Crippen LogP contribution in [0.25, 0.3) is 11.3 Å². The van der Waals surface area contributed by atoms with E-state index in [1.807, 2.05) is 37.4 Å². The summed E-state index contributed by atoms with van der Waals surface area (Å²) < 4.78 is 12.1. The minimum atomic E-state index is -0.0320. The number of nitrogens with zero attached hydrogens (tertiary/aromatic N) is 1. The fourth-order valence-corrected chi connectivity index (χ4v) is 4.12. The van der Waals surface area contributed by atoms with Gasteiger partial charge in [0.1, 0.15) is 17.6 Å². The Labute approximate surface area is 187 Å². The molecule has 3 nitrogen and oxygen atoms in total. The first-order valence-corrected chi connectivity index (χ1v) is 11.6. The molecule has 0 saturated carbocycles. The van der Waals surface area contributed by atoms with Crippen LogP contribution in [0.2, 0.25) is 0 Å². The summed E-state index contributed by atoms with van der Waals surface area (Å²) in [6.45, 7) is 11.4. The van der Waals surface area contributed by atoms with Gasteiger partial charge in [0.15, 0.2) is 0 Å². The molecule has 0 aliphatic heterocycles. The summed E-state index contributed by atoms with van der Waals surface area (Å²) in [4.78, 5) is 4.91. The van der Waals surface area contributed by atoms with Crippen LogP contribution in [0.4, 0.5) is 0 Å². The smallest absolute Gasteiger partial charge is 0.125 e. The van der Waals surface area contributed by atoms with E-state index in [-0.39, 0.29) is 6.10 Å². The predicted octanol–water partition coefficient (Wildman–Crippen LogP) is 7.50. The van der Waals surface area contributed by atoms with E-state index >= 15 is 0 Å². The molecule has 1 atom stereocenters. The van der Waals surface area contributed by atoms with E-state index in [4.69, 9.17) is 14.5 Å². The molecule has 0 spiro atoms. The minimum Gasteiger partial charge on any atom is -0.494 e. The lowest BCUT2D eigenvalue weighted by Crippen LogP contribution is -2.10. The molecule has 0 N–H and O–H groups in total. The van der Waals surface area contributed by atoms with Crippen LogP contribution in [-0.4, -0.2) is 11.6 Å². The lowest BCUT2D eigenvalue weighted by molar-refractivity contribution is 0.191. The van der Waals surface area contributed by atoms with Crippen LogP contribution >= 0.6 is 0 Å². The van der Waals surface area contributed by atoms with Gasteiger partial charge in [0.25, 0.3) is 0 Å². The number of aryl methyl sites for hydroxylation is 3. The van der Waals surface area contributed by atoms with Crippen molar-refractivity contribution < 1.29 is 9.47 Å². The fraction of sp³-hybridized carbons (Fsp3) is 0.393. The molecule has 0 aliphatic rings. The highest BCUT2D eigenvalue weighted by Gasteiger charge is 2.18. The second kappa shape index (κ2) is 11.0. The summed E-state index contributed by atoms with van der Waals surface area (Å²) >= 11 is 0. The van der Waals surface area contributed by atoms with Crippen molar-refractivity contribution in [2.24, 2.45) is 0 Å². The van der Waals surface area contributed by atoms with Crippen molar-refractivity contribution in [2.45, 2.75) is 66.4 Å². The average molecular weight is 418 g/mol. The Hall–Kier alpha value is -2.81. The maximum atomic E-state index is 6.42. The second-order valence-corrected chi connectivity index (χ2v) is 7.89. The molecule has 3 aromatic rings. The number of aromatic nitrogens is 1. The van der Waals surface area contributed by atoms with E-state index in [1.54, 1.807) is 0 Å². The van der Waals surface area contributed by atoms with E-state index in [9.17, 15) is 0 Å². The molecule has 3 rings (SSSR count). The van der Waals surface area contributed by atoms with E-state index in [1.165, 1.54) is 22.3 Å². The maximum Gasteiger partial charge on any atom is 0.125 e. The molecular weight excluding hydrogens is 382 g/mol. The van der Waals surface area contributed by atoms with Crippen LogP contribution in [0.3, 0.4) is 0 Å². The number of rotatable bonds is 10. The van der Waals surface area contributed by atoms with Crippen LogP contribution in [0.1, 0.15) is 68.9 Å². The third-order valence-electron chi connectivity index (χ3n) is 5.70. The molecule has 3 heteroatoms. The zero-order valence-electron chi connectivity index (χ0n) is 19.6. The van der Waals surface area contributed by atoms with Crippen molar-refractivity contribution in [2.75, 3.05) is 6.61 Å². The maximum absolute atomic E-state index is 6.42. The summed E-state index contributed by atoms with van der Waals surface area (Å²) in [5.41, 5.74) is 7.43. The van der Waals surface area contributed by atoms with Gasteiger partial charge in [0.05, 0.1) is 12.3 Å². The number of hydrogen-bond donors (Lipinski definition) is 0. The first kappa shape index (κ1) is 22.9. The van der Waals surface area contributed by atoms with E-state index in [2.05, 4.69) is 52.0 Å². The average Bonchev–Trinajstić information content (AvgIpc) is 2.78. The van der Waals surface area contributed by atoms with Gasteiger partial charge in [-0.15, -0.1) is 0 Å². The molecule has 0 saturated heterocycles. The predicted molar refractivity (Wildman–Crippen MR) is 129 cm³/mol. The van der Waals surface area contributed by atoms with Crippen molar-refractivity contribution in [3.05, 3.63) is 77.0 Å². The SMILES string of the molecule is CCCC(Oc1cccc(OCC)c1)c1cnc(-c2c(CC)cccc2CC)cc1C. The van der Waals surface area contributed by atoms with E-state index in [0.717, 1.165) is 48.4 Å². The van der Waals surface area contributed by atoms with Crippen molar-refractivity contribution in [1.29, 1.82) is 0 Å². The minimum absolute atomic E-state index is 0.0320. The molecule has 0 bridgehead atoms. The highest BCUT2D eigenvalue weighted by Crippen LogP contribution is 2.33. The number of benzene rings is 2. The van der Waals surface area contributed by atoms with Crippen molar-refractivity contribution in [3.8, 4) is 22.8 Å². The van der Waals surface area contributed by atoms with Gasteiger partial charge in [-0.25, -0.2) is 0 Å². The molecule has 1 aromatic heterocycles. The first-order chi connectivity index (χ1) is 15.1. The Morgan fingerprint density at radius 3 is 2.16 bits per heavy atom. The quantitative estimate of drug-likeness (QED) is 0.342. The monoisotopic (exact) mass is 417 g/mol. The largest absolute Gasteiger partial charge is 0.494 e. The topological polar surface area (TPSA) is 31.4 Å². The molecule has 164 valence electrons. The van der Waals surface area contributed by atoms with Gasteiger partial charge in [-0.2, -0.15) is 0 Å². The molecule has 31 heavy (non-hydrogen) atoms. The molecule has 0 amide bonds. The van der Waals surface area contributed by atoms with Crippen LogP contribution < -0.4 is 9.47 Å². The third-order valence-corrected chi connectivity index (χ3v) is 5.70. The summed E-state index contributed by atoms with van der Waals surface area (Å²) in [5, 5.41) is 0. The molecule has 0 fully saturated rings. The standard InChI is InChI=1S/C28H35NO2/c1-6-12-27(31-24-16-11-15-23(18-24)30-9-4)25-19-29-26(17-20(25)5)28-21(7-2)13-10-14-22(28)8-3/h10-11,13-19,27H,6-9,12H2,1-5H3. The summed E-state index contributed by atoms with van der Waals surface area (Å²) in [6, 6.07) is 16.7. The normalized spacial score (nSPS) is 11.9. The van der Waals surface area contributed by atoms with Gasteiger partial charge in [0, 0.05) is 23.4 Å². The Morgan fingerprint density at radius 2 is 1.55 bits per heavy atom.